The van der Waals surface area contributed by atoms with Crippen molar-refractivity contribution in [2.45, 2.75) is 0 Å². The standard InChI is InChI=1S/C27H15F2NO/c28-17-11-9-16(10-12-17)21-15-24(20-6-1-3-7-22(20)29)30-23-14-13-19-18-5-2-4-8-25(18)31-27(19)26(21)23/h1-15H. The van der Waals surface area contributed by atoms with Gasteiger partial charge in [0.05, 0.1) is 16.6 Å². The second-order valence-corrected chi connectivity index (χ2v) is 7.48. The molecule has 0 saturated carbocycles. The van der Waals surface area contributed by atoms with Gasteiger partial charge in [-0.15, -0.1) is 0 Å². The molecule has 0 atom stereocenters. The van der Waals surface area contributed by atoms with Crippen molar-refractivity contribution in [1.29, 1.82) is 0 Å². The zero-order chi connectivity index (χ0) is 20.9. The molecular formula is C27H15F2NO. The quantitative estimate of drug-likeness (QED) is 0.293. The minimum absolute atomic E-state index is 0.315. The number of fused-ring (bicyclic) bond motifs is 5. The van der Waals surface area contributed by atoms with Crippen LogP contribution in [-0.2, 0) is 0 Å². The molecule has 4 heteroatoms. The van der Waals surface area contributed by atoms with Gasteiger partial charge in [-0.2, -0.15) is 0 Å². The molecule has 148 valence electrons. The second-order valence-electron chi connectivity index (χ2n) is 7.48. The van der Waals surface area contributed by atoms with Gasteiger partial charge in [0.15, 0.2) is 0 Å². The van der Waals surface area contributed by atoms with E-state index in [-0.39, 0.29) is 11.6 Å². The first-order valence-electron chi connectivity index (χ1n) is 9.95. The number of furan rings is 1. The summed E-state index contributed by atoms with van der Waals surface area (Å²) in [6, 6.07) is 26.4. The Hall–Kier alpha value is -4.05. The van der Waals surface area contributed by atoms with Gasteiger partial charge in [0.2, 0.25) is 0 Å². The van der Waals surface area contributed by atoms with Gasteiger partial charge in [0.25, 0.3) is 0 Å². The molecule has 6 aromatic rings. The molecule has 0 bridgehead atoms. The first-order valence-corrected chi connectivity index (χ1v) is 9.95. The molecule has 0 spiro atoms. The van der Waals surface area contributed by atoms with Crippen LogP contribution >= 0.6 is 0 Å². The van der Waals surface area contributed by atoms with E-state index in [0.29, 0.717) is 22.4 Å². The number of pyridine rings is 1. The summed E-state index contributed by atoms with van der Waals surface area (Å²) in [5.74, 6) is -0.658. The van der Waals surface area contributed by atoms with E-state index in [1.807, 2.05) is 42.5 Å². The van der Waals surface area contributed by atoms with E-state index in [1.54, 1.807) is 30.3 Å². The Kier molecular flexibility index (Phi) is 3.87. The number of rotatable bonds is 2. The third kappa shape index (κ3) is 2.80. The van der Waals surface area contributed by atoms with Gasteiger partial charge in [-0.1, -0.05) is 42.5 Å². The molecule has 0 unspecified atom stereocenters. The maximum absolute atomic E-state index is 14.5. The SMILES string of the molecule is Fc1ccc(-c2cc(-c3ccccc3F)nc3ccc4c5ccccc5oc4c23)cc1. The molecule has 31 heavy (non-hydrogen) atoms. The number of hydrogen-bond donors (Lipinski definition) is 0. The van der Waals surface area contributed by atoms with Crippen molar-refractivity contribution in [2.24, 2.45) is 0 Å². The molecule has 2 heterocycles. The Bertz CT molecular complexity index is 1600. The molecule has 2 nitrogen and oxygen atoms in total. The van der Waals surface area contributed by atoms with E-state index in [4.69, 9.17) is 9.40 Å². The van der Waals surface area contributed by atoms with Crippen LogP contribution in [0.2, 0.25) is 0 Å². The molecule has 0 aliphatic carbocycles. The molecular weight excluding hydrogens is 392 g/mol. The van der Waals surface area contributed by atoms with Crippen LogP contribution in [0.1, 0.15) is 0 Å². The fourth-order valence-corrected chi connectivity index (χ4v) is 4.17. The third-order valence-electron chi connectivity index (χ3n) is 5.62. The first kappa shape index (κ1) is 17.8. The third-order valence-corrected chi connectivity index (χ3v) is 5.62. The van der Waals surface area contributed by atoms with E-state index >= 15 is 0 Å². The molecule has 0 saturated heterocycles. The number of para-hydroxylation sites is 1. The van der Waals surface area contributed by atoms with Crippen LogP contribution < -0.4 is 0 Å². The summed E-state index contributed by atoms with van der Waals surface area (Å²) in [5, 5.41) is 2.81. The lowest BCUT2D eigenvalue weighted by atomic mass is 9.96. The average molecular weight is 407 g/mol. The van der Waals surface area contributed by atoms with Gasteiger partial charge in [-0.3, -0.25) is 0 Å². The van der Waals surface area contributed by atoms with Gasteiger partial charge in [-0.25, -0.2) is 13.8 Å². The van der Waals surface area contributed by atoms with Crippen LogP contribution in [-0.4, -0.2) is 4.98 Å². The Morgan fingerprint density at radius 1 is 0.677 bits per heavy atom. The summed E-state index contributed by atoms with van der Waals surface area (Å²) in [6.07, 6.45) is 0. The summed E-state index contributed by atoms with van der Waals surface area (Å²) in [6.45, 7) is 0. The van der Waals surface area contributed by atoms with Crippen LogP contribution in [0, 0.1) is 11.6 Å². The molecule has 0 amide bonds. The molecule has 4 aromatic carbocycles. The smallest absolute Gasteiger partial charge is 0.145 e. The van der Waals surface area contributed by atoms with Crippen molar-refractivity contribution < 1.29 is 13.2 Å². The molecule has 6 rings (SSSR count). The van der Waals surface area contributed by atoms with Crippen molar-refractivity contribution in [3.8, 4) is 22.4 Å². The number of nitrogens with zero attached hydrogens (tertiary/aromatic N) is 1. The van der Waals surface area contributed by atoms with Gasteiger partial charge in [0.1, 0.15) is 22.8 Å². The van der Waals surface area contributed by atoms with Crippen LogP contribution in [0.3, 0.4) is 0 Å². The van der Waals surface area contributed by atoms with Crippen LogP contribution in [0.15, 0.2) is 95.4 Å². The Balaban J connectivity index is 1.76. The summed E-state index contributed by atoms with van der Waals surface area (Å²) in [4.78, 5) is 4.76. The molecule has 0 aliphatic heterocycles. The fourth-order valence-electron chi connectivity index (χ4n) is 4.17. The number of halogens is 2. The second kappa shape index (κ2) is 6.74. The predicted octanol–water partition coefficient (Wildman–Crippen LogP) is 7.75. The highest BCUT2D eigenvalue weighted by Crippen LogP contribution is 2.40. The van der Waals surface area contributed by atoms with Gasteiger partial charge in [0, 0.05) is 16.3 Å². The van der Waals surface area contributed by atoms with Crippen molar-refractivity contribution in [3.63, 3.8) is 0 Å². The number of benzene rings is 4. The molecule has 2 aromatic heterocycles. The highest BCUT2D eigenvalue weighted by atomic mass is 19.1. The van der Waals surface area contributed by atoms with E-state index in [2.05, 4.69) is 0 Å². The zero-order valence-electron chi connectivity index (χ0n) is 16.3. The zero-order valence-corrected chi connectivity index (χ0v) is 16.3. The van der Waals surface area contributed by atoms with Crippen molar-refractivity contribution >= 4 is 32.8 Å². The Morgan fingerprint density at radius 3 is 2.29 bits per heavy atom. The minimum Gasteiger partial charge on any atom is -0.455 e. The number of hydrogen-bond acceptors (Lipinski definition) is 2. The molecule has 0 fully saturated rings. The fraction of sp³-hybridized carbons (Fsp3) is 0. The maximum atomic E-state index is 14.5. The van der Waals surface area contributed by atoms with Crippen LogP contribution in [0.5, 0.6) is 0 Å². The largest absolute Gasteiger partial charge is 0.455 e. The van der Waals surface area contributed by atoms with Crippen molar-refractivity contribution in [1.82, 2.24) is 4.98 Å². The van der Waals surface area contributed by atoms with Gasteiger partial charge in [-0.05, 0) is 59.7 Å². The summed E-state index contributed by atoms with van der Waals surface area (Å²) >= 11 is 0. The lowest BCUT2D eigenvalue weighted by Gasteiger charge is -2.11. The van der Waals surface area contributed by atoms with Crippen molar-refractivity contribution in [2.75, 3.05) is 0 Å². The average Bonchev–Trinajstić information content (AvgIpc) is 3.18. The van der Waals surface area contributed by atoms with E-state index in [1.165, 1.54) is 18.2 Å². The van der Waals surface area contributed by atoms with E-state index in [0.717, 1.165) is 32.9 Å². The number of aromatic nitrogens is 1. The monoisotopic (exact) mass is 407 g/mol. The first-order chi connectivity index (χ1) is 15.2. The van der Waals surface area contributed by atoms with Crippen LogP contribution in [0.25, 0.3) is 55.2 Å². The highest BCUT2D eigenvalue weighted by Gasteiger charge is 2.17. The van der Waals surface area contributed by atoms with E-state index < -0.39 is 0 Å². The predicted molar refractivity (Wildman–Crippen MR) is 120 cm³/mol. The molecule has 0 N–H and O–H groups in total. The van der Waals surface area contributed by atoms with Gasteiger partial charge < -0.3 is 4.42 Å². The topological polar surface area (TPSA) is 26.0 Å². The summed E-state index contributed by atoms with van der Waals surface area (Å²) < 4.78 is 34.4. The Labute approximate surface area is 176 Å². The lowest BCUT2D eigenvalue weighted by Crippen LogP contribution is -1.92. The Morgan fingerprint density at radius 2 is 1.45 bits per heavy atom. The maximum Gasteiger partial charge on any atom is 0.145 e. The normalized spacial score (nSPS) is 11.5. The van der Waals surface area contributed by atoms with E-state index in [9.17, 15) is 8.78 Å². The summed E-state index contributed by atoms with van der Waals surface area (Å²) in [7, 11) is 0. The summed E-state index contributed by atoms with van der Waals surface area (Å²) in [5.41, 5.74) is 4.73. The highest BCUT2D eigenvalue weighted by molar-refractivity contribution is 6.18. The van der Waals surface area contributed by atoms with Crippen molar-refractivity contribution in [3.05, 3.63) is 103 Å². The molecule has 0 aliphatic rings. The van der Waals surface area contributed by atoms with Gasteiger partial charge >= 0.3 is 0 Å². The van der Waals surface area contributed by atoms with Crippen LogP contribution in [0.4, 0.5) is 8.78 Å². The molecule has 0 radical (unpaired) electrons. The lowest BCUT2D eigenvalue weighted by molar-refractivity contribution is 0.628. The minimum atomic E-state index is -0.343.